The highest BCUT2D eigenvalue weighted by atomic mass is 16.5. The fourth-order valence-electron chi connectivity index (χ4n) is 2.52. The van der Waals surface area contributed by atoms with Gasteiger partial charge < -0.3 is 9.47 Å². The van der Waals surface area contributed by atoms with Crippen molar-refractivity contribution in [2.24, 2.45) is 0 Å². The molecule has 0 atom stereocenters. The quantitative estimate of drug-likeness (QED) is 0.511. The van der Waals surface area contributed by atoms with E-state index in [4.69, 9.17) is 9.47 Å². The van der Waals surface area contributed by atoms with Crippen molar-refractivity contribution in [1.82, 2.24) is 0 Å². The van der Waals surface area contributed by atoms with Gasteiger partial charge in [0.05, 0.1) is 0 Å². The predicted octanol–water partition coefficient (Wildman–Crippen LogP) is 6.97. The average Bonchev–Trinajstić information content (AvgIpc) is 2.55. The van der Waals surface area contributed by atoms with Crippen LogP contribution in [0.4, 0.5) is 0 Å². The molecule has 0 aliphatic heterocycles. The monoisotopic (exact) mass is 358 g/mol. The predicted molar refractivity (Wildman–Crippen MR) is 114 cm³/mol. The first kappa shape index (κ1) is 22.3. The van der Waals surface area contributed by atoms with Crippen molar-refractivity contribution >= 4 is 0 Å². The van der Waals surface area contributed by atoms with E-state index in [9.17, 15) is 0 Å². The number of hydrogen-bond acceptors (Lipinski definition) is 2. The summed E-state index contributed by atoms with van der Waals surface area (Å²) in [5, 5.41) is 0. The zero-order valence-corrected chi connectivity index (χ0v) is 18.5. The Morgan fingerprint density at radius 2 is 1.04 bits per heavy atom. The molecule has 0 aliphatic rings. The number of ether oxygens (including phenoxy) is 2. The van der Waals surface area contributed by atoms with Crippen molar-refractivity contribution in [3.8, 4) is 11.5 Å². The Morgan fingerprint density at radius 1 is 0.731 bits per heavy atom. The van der Waals surface area contributed by atoms with E-state index >= 15 is 0 Å². The van der Waals surface area contributed by atoms with Crippen molar-refractivity contribution in [2.45, 2.75) is 80.1 Å². The molecule has 0 spiro atoms. The second-order valence-electron chi connectivity index (χ2n) is 9.19. The summed E-state index contributed by atoms with van der Waals surface area (Å²) in [6.07, 6.45) is 4.19. The van der Waals surface area contributed by atoms with Crippen LogP contribution in [0.3, 0.4) is 0 Å². The van der Waals surface area contributed by atoms with Crippen LogP contribution in [-0.2, 0) is 10.8 Å². The first-order valence-electron chi connectivity index (χ1n) is 9.58. The van der Waals surface area contributed by atoms with Crippen LogP contribution in [0.25, 0.3) is 0 Å². The van der Waals surface area contributed by atoms with Gasteiger partial charge in [-0.15, -0.1) is 0 Å². The number of allylic oxidation sites excluding steroid dienone is 2. The molecule has 1 aromatic carbocycles. The number of hydrogen-bond donors (Lipinski definition) is 0. The van der Waals surface area contributed by atoms with Crippen LogP contribution in [0, 0.1) is 0 Å². The van der Waals surface area contributed by atoms with Gasteiger partial charge in [-0.05, 0) is 61.8 Å². The van der Waals surface area contributed by atoms with Crippen molar-refractivity contribution < 1.29 is 9.47 Å². The molecule has 0 fully saturated rings. The second-order valence-corrected chi connectivity index (χ2v) is 9.19. The molecule has 0 amide bonds. The van der Waals surface area contributed by atoms with Gasteiger partial charge in [-0.1, -0.05) is 53.7 Å². The van der Waals surface area contributed by atoms with Crippen molar-refractivity contribution in [3.63, 3.8) is 0 Å². The summed E-state index contributed by atoms with van der Waals surface area (Å²) in [5.41, 5.74) is 4.77. The van der Waals surface area contributed by atoms with Gasteiger partial charge in [-0.25, -0.2) is 0 Å². The van der Waals surface area contributed by atoms with Crippen LogP contribution >= 0.6 is 0 Å². The van der Waals surface area contributed by atoms with Crippen LogP contribution < -0.4 is 9.47 Å². The average molecular weight is 359 g/mol. The smallest absolute Gasteiger partial charge is 0.124 e. The summed E-state index contributed by atoms with van der Waals surface area (Å²) in [4.78, 5) is 0. The van der Waals surface area contributed by atoms with E-state index in [2.05, 4.69) is 79.7 Å². The van der Waals surface area contributed by atoms with E-state index in [-0.39, 0.29) is 10.8 Å². The molecule has 0 heterocycles. The maximum absolute atomic E-state index is 6.22. The van der Waals surface area contributed by atoms with Gasteiger partial charge >= 0.3 is 0 Å². The van der Waals surface area contributed by atoms with E-state index in [1.807, 2.05) is 13.8 Å². The highest BCUT2D eigenvalue weighted by Crippen LogP contribution is 2.41. The molecular weight excluding hydrogens is 320 g/mol. The van der Waals surface area contributed by atoms with Gasteiger partial charge in [0.1, 0.15) is 24.7 Å². The molecule has 1 rings (SSSR count). The molecule has 146 valence electrons. The van der Waals surface area contributed by atoms with Crippen molar-refractivity contribution in [1.29, 1.82) is 0 Å². The number of rotatable bonds is 6. The highest BCUT2D eigenvalue weighted by Gasteiger charge is 2.27. The van der Waals surface area contributed by atoms with Crippen LogP contribution in [0.1, 0.15) is 80.4 Å². The normalized spacial score (nSPS) is 13.8. The lowest BCUT2D eigenvalue weighted by molar-refractivity contribution is 0.324. The summed E-state index contributed by atoms with van der Waals surface area (Å²) < 4.78 is 12.4. The van der Waals surface area contributed by atoms with E-state index in [0.717, 1.165) is 11.5 Å². The van der Waals surface area contributed by atoms with E-state index in [1.54, 1.807) is 0 Å². The maximum Gasteiger partial charge on any atom is 0.124 e. The fourth-order valence-corrected chi connectivity index (χ4v) is 2.52. The molecule has 0 unspecified atom stereocenters. The van der Waals surface area contributed by atoms with Crippen LogP contribution in [0.2, 0.25) is 0 Å². The standard InChI is InChI=1S/C24H38O2/c1-11-17(3)15-25-21-13-20(24(8,9)10)22(26-16-18(4)12-2)14-19(21)23(5,6)7/h11-14H,15-16H2,1-10H3/b17-11-,18-12-. The summed E-state index contributed by atoms with van der Waals surface area (Å²) in [7, 11) is 0. The molecule has 2 heteroatoms. The topological polar surface area (TPSA) is 18.5 Å². The molecule has 0 radical (unpaired) electrons. The van der Waals surface area contributed by atoms with Gasteiger partial charge in [-0.2, -0.15) is 0 Å². The van der Waals surface area contributed by atoms with E-state index in [0.29, 0.717) is 13.2 Å². The molecule has 2 nitrogen and oxygen atoms in total. The minimum Gasteiger partial charge on any atom is -0.489 e. The van der Waals surface area contributed by atoms with Gasteiger partial charge in [0, 0.05) is 11.1 Å². The fraction of sp³-hybridized carbons (Fsp3) is 0.583. The van der Waals surface area contributed by atoms with Crippen LogP contribution in [-0.4, -0.2) is 13.2 Å². The van der Waals surface area contributed by atoms with E-state index < -0.39 is 0 Å². The highest BCUT2D eigenvalue weighted by molar-refractivity contribution is 5.52. The minimum atomic E-state index is -0.0245. The lowest BCUT2D eigenvalue weighted by Gasteiger charge is -2.29. The van der Waals surface area contributed by atoms with Gasteiger partial charge in [0.2, 0.25) is 0 Å². The molecule has 1 aromatic rings. The summed E-state index contributed by atoms with van der Waals surface area (Å²) >= 11 is 0. The number of benzene rings is 1. The van der Waals surface area contributed by atoms with Gasteiger partial charge in [0.15, 0.2) is 0 Å². The van der Waals surface area contributed by atoms with Crippen molar-refractivity contribution in [2.75, 3.05) is 13.2 Å². The molecule has 0 aliphatic carbocycles. The summed E-state index contributed by atoms with van der Waals surface area (Å²) in [5.74, 6) is 1.91. The van der Waals surface area contributed by atoms with Crippen LogP contribution in [0.5, 0.6) is 11.5 Å². The Hall–Kier alpha value is -1.70. The van der Waals surface area contributed by atoms with Crippen molar-refractivity contribution in [3.05, 3.63) is 46.6 Å². The molecule has 26 heavy (non-hydrogen) atoms. The third-order valence-electron chi connectivity index (χ3n) is 4.59. The van der Waals surface area contributed by atoms with Gasteiger partial charge in [0.25, 0.3) is 0 Å². The van der Waals surface area contributed by atoms with E-state index in [1.165, 1.54) is 22.3 Å². The largest absolute Gasteiger partial charge is 0.489 e. The lowest BCUT2D eigenvalue weighted by atomic mass is 9.81. The Labute approximate surface area is 161 Å². The Bertz CT molecular complexity index is 605. The zero-order valence-electron chi connectivity index (χ0n) is 18.5. The minimum absolute atomic E-state index is 0.0245. The zero-order chi connectivity index (χ0) is 20.1. The third-order valence-corrected chi connectivity index (χ3v) is 4.59. The molecule has 0 saturated carbocycles. The SMILES string of the molecule is C/C=C(/C)COc1cc(C(C)(C)C)c(OC/C(C)=C\C)cc1C(C)(C)C. The van der Waals surface area contributed by atoms with Crippen LogP contribution in [0.15, 0.2) is 35.4 Å². The Balaban J connectivity index is 3.45. The summed E-state index contributed by atoms with van der Waals surface area (Å²) in [6, 6.07) is 4.37. The molecule has 0 bridgehead atoms. The molecule has 0 aromatic heterocycles. The molecule has 0 N–H and O–H groups in total. The molecule has 0 saturated heterocycles. The van der Waals surface area contributed by atoms with Gasteiger partial charge in [-0.3, -0.25) is 0 Å². The second kappa shape index (κ2) is 8.79. The Morgan fingerprint density at radius 3 is 1.27 bits per heavy atom. The molecular formula is C24H38O2. The Kier molecular flexibility index (Phi) is 7.56. The first-order valence-corrected chi connectivity index (χ1v) is 9.58. The maximum atomic E-state index is 6.22. The lowest BCUT2D eigenvalue weighted by Crippen LogP contribution is -2.19. The third kappa shape index (κ3) is 6.23. The summed E-state index contributed by atoms with van der Waals surface area (Å²) in [6.45, 7) is 22.8. The first-order chi connectivity index (χ1) is 11.9.